The van der Waals surface area contributed by atoms with Gasteiger partial charge in [-0.1, -0.05) is 81.4 Å². The molecule has 1 saturated carbocycles. The number of epoxide rings is 1. The van der Waals surface area contributed by atoms with E-state index in [-0.39, 0.29) is 41.2 Å². The Morgan fingerprint density at radius 2 is 1.54 bits per heavy atom. The second kappa shape index (κ2) is 8.87. The minimum absolute atomic E-state index is 0.0879. The van der Waals surface area contributed by atoms with E-state index in [0.29, 0.717) is 6.61 Å². The third-order valence-corrected chi connectivity index (χ3v) is 13.1. The first-order chi connectivity index (χ1) is 16.7. The predicted molar refractivity (Wildman–Crippen MR) is 134 cm³/mol. The molecular formula is C28H34O6Si. The van der Waals surface area contributed by atoms with Gasteiger partial charge in [-0.05, 0) is 22.3 Å². The predicted octanol–water partition coefficient (Wildman–Crippen LogP) is 2.93. The van der Waals surface area contributed by atoms with Crippen molar-refractivity contribution in [3.8, 4) is 0 Å². The summed E-state index contributed by atoms with van der Waals surface area (Å²) >= 11 is 0. The summed E-state index contributed by atoms with van der Waals surface area (Å²) in [5.74, 6) is -2.34. The summed E-state index contributed by atoms with van der Waals surface area (Å²) in [5, 5.41) is 2.14. The van der Waals surface area contributed by atoms with E-state index in [1.54, 1.807) is 0 Å². The Hall–Kier alpha value is -2.48. The molecule has 3 aliphatic rings. The van der Waals surface area contributed by atoms with Crippen molar-refractivity contribution in [3.63, 3.8) is 0 Å². The van der Waals surface area contributed by atoms with Crippen LogP contribution >= 0.6 is 0 Å². The van der Waals surface area contributed by atoms with Gasteiger partial charge in [-0.2, -0.15) is 0 Å². The Kier molecular flexibility index (Phi) is 6.14. The number of methoxy groups -OCH3 is 1. The third-order valence-electron chi connectivity index (χ3n) is 8.12. The van der Waals surface area contributed by atoms with Gasteiger partial charge in [0.25, 0.3) is 8.32 Å². The Morgan fingerprint density at radius 1 is 0.971 bits per heavy atom. The maximum atomic E-state index is 13.1. The van der Waals surface area contributed by atoms with Crippen LogP contribution in [0.15, 0.2) is 60.7 Å². The number of benzene rings is 2. The maximum absolute atomic E-state index is 13.1. The molecule has 0 aromatic heterocycles. The number of ether oxygens (including phenoxy) is 3. The van der Waals surface area contributed by atoms with Gasteiger partial charge < -0.3 is 18.6 Å². The van der Waals surface area contributed by atoms with E-state index < -0.39 is 26.1 Å². The Labute approximate surface area is 208 Å². The summed E-state index contributed by atoms with van der Waals surface area (Å²) in [7, 11) is -1.43. The molecule has 3 fully saturated rings. The number of esters is 2. The van der Waals surface area contributed by atoms with E-state index in [1.807, 2.05) is 43.3 Å². The number of hydrogen-bond acceptors (Lipinski definition) is 6. The molecule has 2 aliphatic heterocycles. The number of rotatable bonds is 6. The summed E-state index contributed by atoms with van der Waals surface area (Å²) in [5.41, 5.74) is 0. The topological polar surface area (TPSA) is 74.4 Å². The highest BCUT2D eigenvalue weighted by Crippen LogP contribution is 2.55. The molecule has 7 heteroatoms. The van der Waals surface area contributed by atoms with Crippen molar-refractivity contribution in [1.29, 1.82) is 0 Å². The lowest BCUT2D eigenvalue weighted by Crippen LogP contribution is -2.67. The lowest BCUT2D eigenvalue weighted by Gasteiger charge is -2.44. The molecule has 0 spiro atoms. The summed E-state index contributed by atoms with van der Waals surface area (Å²) < 4.78 is 24.0. The van der Waals surface area contributed by atoms with Crippen LogP contribution in [0.2, 0.25) is 5.04 Å². The Morgan fingerprint density at radius 3 is 2.06 bits per heavy atom. The molecule has 7 atom stereocenters. The van der Waals surface area contributed by atoms with Crippen LogP contribution in [0, 0.1) is 23.7 Å². The fourth-order valence-corrected chi connectivity index (χ4v) is 11.1. The highest BCUT2D eigenvalue weighted by Gasteiger charge is 2.69. The average molecular weight is 495 g/mol. The SMILES string of the molecule is COC(=O)[C@H]1[C@@H](CO[Si](c2ccccc2)(c2ccccc2)C(C)(C)C)[C@H]2O[C@H]2[C@@H]2[C@H]1C(=O)O[C@H]2C. The second-order valence-electron chi connectivity index (χ2n) is 11.0. The molecule has 0 radical (unpaired) electrons. The molecular weight excluding hydrogens is 460 g/mol. The molecule has 35 heavy (non-hydrogen) atoms. The van der Waals surface area contributed by atoms with Crippen LogP contribution in [0.25, 0.3) is 0 Å². The largest absolute Gasteiger partial charge is 0.469 e. The van der Waals surface area contributed by atoms with E-state index in [4.69, 9.17) is 18.6 Å². The van der Waals surface area contributed by atoms with Gasteiger partial charge in [-0.25, -0.2) is 0 Å². The van der Waals surface area contributed by atoms with Crippen molar-refractivity contribution in [1.82, 2.24) is 0 Å². The van der Waals surface area contributed by atoms with Gasteiger partial charge in [-0.3, -0.25) is 9.59 Å². The summed E-state index contributed by atoms with van der Waals surface area (Å²) in [6.07, 6.45) is -0.501. The van der Waals surface area contributed by atoms with E-state index in [0.717, 1.165) is 0 Å². The standard InChI is InChI=1S/C28H34O6Si/c1-17-21-23(27(30)33-17)22(26(29)31-5)20(24-25(21)34-24)16-32-35(28(2,3)4,18-12-8-6-9-13-18)19-14-10-7-11-15-19/h6-15,17,20-25H,16H2,1-5H3/t17-,20+,21-,22-,23+,24+,25-/m0/s1. The van der Waals surface area contributed by atoms with E-state index in [1.165, 1.54) is 17.5 Å². The highest BCUT2D eigenvalue weighted by atomic mass is 28.4. The molecule has 1 aliphatic carbocycles. The lowest BCUT2D eigenvalue weighted by atomic mass is 9.66. The fraction of sp³-hybridized carbons (Fsp3) is 0.500. The van der Waals surface area contributed by atoms with Gasteiger partial charge >= 0.3 is 11.9 Å². The summed E-state index contributed by atoms with van der Waals surface area (Å²) in [6, 6.07) is 20.8. The third kappa shape index (κ3) is 3.84. The number of carbonyl (C=O) groups is 2. The van der Waals surface area contributed by atoms with Crippen LogP contribution in [0.5, 0.6) is 0 Å². The minimum atomic E-state index is -2.81. The maximum Gasteiger partial charge on any atom is 0.310 e. The number of cyclic esters (lactones) is 1. The molecule has 2 aromatic rings. The first-order valence-corrected chi connectivity index (χ1v) is 14.3. The van der Waals surface area contributed by atoms with Gasteiger partial charge in [-0.15, -0.1) is 0 Å². The van der Waals surface area contributed by atoms with Crippen molar-refractivity contribution in [2.75, 3.05) is 13.7 Å². The normalized spacial score (nSPS) is 31.8. The zero-order valence-electron chi connectivity index (χ0n) is 21.0. The van der Waals surface area contributed by atoms with Crippen molar-refractivity contribution >= 4 is 30.6 Å². The van der Waals surface area contributed by atoms with Crippen molar-refractivity contribution < 1.29 is 28.2 Å². The molecule has 2 heterocycles. The summed E-state index contributed by atoms with van der Waals surface area (Å²) in [4.78, 5) is 25.9. The first-order valence-electron chi connectivity index (χ1n) is 12.4. The van der Waals surface area contributed by atoms with Crippen LogP contribution in [0.3, 0.4) is 0 Å². The van der Waals surface area contributed by atoms with Crippen molar-refractivity contribution in [3.05, 3.63) is 60.7 Å². The van der Waals surface area contributed by atoms with Crippen LogP contribution in [0.4, 0.5) is 0 Å². The monoisotopic (exact) mass is 494 g/mol. The molecule has 0 N–H and O–H groups in total. The van der Waals surface area contributed by atoms with Crippen LogP contribution in [0.1, 0.15) is 27.7 Å². The van der Waals surface area contributed by atoms with E-state index in [9.17, 15) is 9.59 Å². The van der Waals surface area contributed by atoms with E-state index >= 15 is 0 Å². The first kappa shape index (κ1) is 24.2. The van der Waals surface area contributed by atoms with Gasteiger partial charge in [0.2, 0.25) is 0 Å². The second-order valence-corrected chi connectivity index (χ2v) is 15.3. The lowest BCUT2D eigenvalue weighted by molar-refractivity contribution is -0.158. The van der Waals surface area contributed by atoms with E-state index in [2.05, 4.69) is 45.0 Å². The van der Waals surface area contributed by atoms with Crippen molar-refractivity contribution in [2.24, 2.45) is 23.7 Å². The number of fused-ring (bicyclic) bond motifs is 3. The molecule has 6 nitrogen and oxygen atoms in total. The average Bonchev–Trinajstić information content (AvgIpc) is 3.58. The van der Waals surface area contributed by atoms with Gasteiger partial charge in [0.05, 0.1) is 31.2 Å². The number of carbonyl (C=O) groups excluding carboxylic acids is 2. The minimum Gasteiger partial charge on any atom is -0.469 e. The van der Waals surface area contributed by atoms with Crippen molar-refractivity contribution in [2.45, 2.75) is 51.0 Å². The Balaban J connectivity index is 1.55. The molecule has 5 rings (SSSR count). The highest BCUT2D eigenvalue weighted by molar-refractivity contribution is 6.99. The van der Waals surface area contributed by atoms with Crippen LogP contribution < -0.4 is 10.4 Å². The quantitative estimate of drug-likeness (QED) is 0.349. The van der Waals surface area contributed by atoms with Gasteiger partial charge in [0.1, 0.15) is 6.10 Å². The Bertz CT molecular complexity index is 1040. The zero-order chi connectivity index (χ0) is 25.0. The molecule has 0 unspecified atom stereocenters. The smallest absolute Gasteiger partial charge is 0.310 e. The molecule has 0 amide bonds. The zero-order valence-corrected chi connectivity index (χ0v) is 22.0. The molecule has 186 valence electrons. The fourth-order valence-electron chi connectivity index (χ4n) is 6.55. The molecule has 2 aromatic carbocycles. The molecule has 0 bridgehead atoms. The van der Waals surface area contributed by atoms with Crippen LogP contribution in [-0.2, 0) is 28.2 Å². The summed E-state index contributed by atoms with van der Waals surface area (Å²) in [6.45, 7) is 8.86. The van der Waals surface area contributed by atoms with Gasteiger partial charge in [0, 0.05) is 18.4 Å². The molecule has 2 saturated heterocycles. The van der Waals surface area contributed by atoms with Gasteiger partial charge in [0.15, 0.2) is 0 Å². The van der Waals surface area contributed by atoms with Crippen LogP contribution in [-0.4, -0.2) is 52.3 Å². The number of hydrogen-bond donors (Lipinski definition) is 0.